The number of anilines is 1. The van der Waals surface area contributed by atoms with Crippen molar-refractivity contribution in [1.82, 2.24) is 25.2 Å². The van der Waals surface area contributed by atoms with Crippen LogP contribution in [0.2, 0.25) is 0 Å². The van der Waals surface area contributed by atoms with E-state index in [2.05, 4.69) is 20.9 Å². The van der Waals surface area contributed by atoms with E-state index in [9.17, 15) is 9.18 Å². The first-order chi connectivity index (χ1) is 11.5. The van der Waals surface area contributed by atoms with Crippen LogP contribution in [0.15, 0.2) is 23.0 Å². The van der Waals surface area contributed by atoms with Crippen LogP contribution in [0, 0.1) is 6.92 Å². The number of rotatable bonds is 5. The van der Waals surface area contributed by atoms with Crippen LogP contribution in [-0.4, -0.2) is 51.2 Å². The van der Waals surface area contributed by atoms with Crippen molar-refractivity contribution in [1.29, 1.82) is 0 Å². The average Bonchev–Trinajstić information content (AvgIpc) is 3.21. The predicted molar refractivity (Wildman–Crippen MR) is 85.2 cm³/mol. The zero-order chi connectivity index (χ0) is 17.1. The maximum Gasteiger partial charge on any atom is 0.320 e. The van der Waals surface area contributed by atoms with Crippen LogP contribution in [0.25, 0.3) is 0 Å². The molecule has 0 spiro atoms. The molecule has 8 nitrogen and oxygen atoms in total. The molecule has 0 bridgehead atoms. The number of likely N-dealkylation sites (tertiary alicyclic amines) is 1. The van der Waals surface area contributed by atoms with Gasteiger partial charge in [-0.3, -0.25) is 14.9 Å². The number of nitrogens with one attached hydrogen (secondary N) is 2. The quantitative estimate of drug-likeness (QED) is 0.863. The Hall–Kier alpha value is -2.42. The van der Waals surface area contributed by atoms with Gasteiger partial charge in [-0.1, -0.05) is 5.16 Å². The fourth-order valence-corrected chi connectivity index (χ4v) is 2.89. The molecule has 130 valence electrons. The summed E-state index contributed by atoms with van der Waals surface area (Å²) in [5.74, 6) is 1.33. The third-order valence-electron chi connectivity index (χ3n) is 4.26. The van der Waals surface area contributed by atoms with Gasteiger partial charge in [0, 0.05) is 44.4 Å². The Morgan fingerprint density at radius 3 is 3.04 bits per heavy atom. The predicted octanol–water partition coefficient (Wildman–Crippen LogP) is 1.45. The summed E-state index contributed by atoms with van der Waals surface area (Å²) < 4.78 is 20.4. The van der Waals surface area contributed by atoms with Crippen molar-refractivity contribution in [3.8, 4) is 0 Å². The van der Waals surface area contributed by atoms with Gasteiger partial charge in [-0.25, -0.2) is 9.18 Å². The number of amides is 2. The monoisotopic (exact) mass is 336 g/mol. The molecule has 1 saturated heterocycles. The number of alkyl halides is 1. The molecule has 3 rings (SSSR count). The lowest BCUT2D eigenvalue weighted by atomic mass is 10.2. The number of urea groups is 1. The first-order valence-electron chi connectivity index (χ1n) is 7.84. The van der Waals surface area contributed by atoms with Crippen LogP contribution in [0.1, 0.15) is 17.7 Å². The number of halogens is 1. The van der Waals surface area contributed by atoms with Crippen LogP contribution in [0.4, 0.5) is 15.0 Å². The Bertz CT molecular complexity index is 700. The summed E-state index contributed by atoms with van der Waals surface area (Å²) in [5.41, 5.74) is 0.938. The molecule has 0 saturated carbocycles. The van der Waals surface area contributed by atoms with Gasteiger partial charge in [0.05, 0.1) is 12.4 Å². The van der Waals surface area contributed by atoms with Gasteiger partial charge >= 0.3 is 6.03 Å². The van der Waals surface area contributed by atoms with Gasteiger partial charge in [0.25, 0.3) is 0 Å². The van der Waals surface area contributed by atoms with Crippen LogP contribution in [0.5, 0.6) is 0 Å². The normalized spacial score (nSPS) is 21.1. The highest BCUT2D eigenvalue weighted by Crippen LogP contribution is 2.23. The molecule has 1 aliphatic heterocycles. The van der Waals surface area contributed by atoms with Crippen molar-refractivity contribution >= 4 is 11.8 Å². The van der Waals surface area contributed by atoms with Gasteiger partial charge in [0.2, 0.25) is 0 Å². The molecule has 2 atom stereocenters. The van der Waals surface area contributed by atoms with E-state index in [4.69, 9.17) is 4.52 Å². The van der Waals surface area contributed by atoms with Crippen molar-refractivity contribution in [2.24, 2.45) is 7.05 Å². The summed E-state index contributed by atoms with van der Waals surface area (Å²) in [6.07, 6.45) is 2.76. The van der Waals surface area contributed by atoms with E-state index in [1.54, 1.807) is 30.2 Å². The minimum atomic E-state index is -0.892. The molecule has 2 amide bonds. The second-order valence-corrected chi connectivity index (χ2v) is 6.00. The molecule has 0 aliphatic carbocycles. The van der Waals surface area contributed by atoms with Crippen molar-refractivity contribution in [3.05, 3.63) is 29.8 Å². The number of carbonyl (C=O) groups is 1. The van der Waals surface area contributed by atoms with Gasteiger partial charge in [-0.15, -0.1) is 0 Å². The third kappa shape index (κ3) is 3.73. The summed E-state index contributed by atoms with van der Waals surface area (Å²) in [4.78, 5) is 14.0. The molecular formula is C15H21FN6O2. The summed E-state index contributed by atoms with van der Waals surface area (Å²) in [6.45, 7) is 3.11. The van der Waals surface area contributed by atoms with E-state index in [0.717, 1.165) is 11.3 Å². The Morgan fingerprint density at radius 1 is 1.54 bits per heavy atom. The fourth-order valence-electron chi connectivity index (χ4n) is 2.89. The number of hydrogen-bond donors (Lipinski definition) is 2. The van der Waals surface area contributed by atoms with Crippen molar-refractivity contribution < 1.29 is 13.7 Å². The summed E-state index contributed by atoms with van der Waals surface area (Å²) in [5, 5.41) is 13.2. The van der Waals surface area contributed by atoms with E-state index in [0.29, 0.717) is 31.9 Å². The average molecular weight is 336 g/mol. The number of carbonyl (C=O) groups excluding carboxylic acids is 1. The first kappa shape index (κ1) is 16.4. The van der Waals surface area contributed by atoms with Gasteiger partial charge in [-0.05, 0) is 13.3 Å². The molecule has 0 unspecified atom stereocenters. The van der Waals surface area contributed by atoms with Crippen molar-refractivity contribution in [3.63, 3.8) is 0 Å². The standard InChI is InChI=1S/C15H21FN6O2/c1-10-11(6-19-24-10)8-22-9-12(16)5-13(22)7-17-15(23)20-14-3-4-18-21(14)2/h3-4,6,12-13H,5,7-9H2,1-2H3,(H2,17,20,23)/t12-,13-/m0/s1. The molecule has 1 aliphatic rings. The zero-order valence-corrected chi connectivity index (χ0v) is 13.7. The number of nitrogens with zero attached hydrogens (tertiary/aromatic N) is 4. The minimum absolute atomic E-state index is 0.0633. The highest BCUT2D eigenvalue weighted by Gasteiger charge is 2.32. The van der Waals surface area contributed by atoms with Gasteiger partial charge < -0.3 is 9.84 Å². The molecule has 2 aromatic rings. The molecule has 2 aromatic heterocycles. The summed E-state index contributed by atoms with van der Waals surface area (Å²) in [7, 11) is 1.74. The van der Waals surface area contributed by atoms with Crippen molar-refractivity contribution in [2.45, 2.75) is 32.1 Å². The Kier molecular flexibility index (Phi) is 4.79. The lowest BCUT2D eigenvalue weighted by molar-refractivity contribution is 0.223. The first-order valence-corrected chi connectivity index (χ1v) is 7.84. The van der Waals surface area contributed by atoms with Crippen LogP contribution in [-0.2, 0) is 13.6 Å². The van der Waals surface area contributed by atoms with Crippen LogP contribution in [0.3, 0.4) is 0 Å². The minimum Gasteiger partial charge on any atom is -0.361 e. The molecule has 0 radical (unpaired) electrons. The smallest absolute Gasteiger partial charge is 0.320 e. The number of aryl methyl sites for hydroxylation is 2. The summed E-state index contributed by atoms with van der Waals surface area (Å²) >= 11 is 0. The fraction of sp³-hybridized carbons (Fsp3) is 0.533. The second kappa shape index (κ2) is 7.00. The zero-order valence-electron chi connectivity index (χ0n) is 13.7. The highest BCUT2D eigenvalue weighted by atomic mass is 19.1. The number of hydrogen-bond acceptors (Lipinski definition) is 5. The van der Waals surface area contributed by atoms with Gasteiger partial charge in [0.15, 0.2) is 0 Å². The molecule has 1 fully saturated rings. The Labute approximate surface area is 139 Å². The van der Waals surface area contributed by atoms with E-state index in [1.807, 2.05) is 11.8 Å². The van der Waals surface area contributed by atoms with Crippen LogP contribution >= 0.6 is 0 Å². The maximum atomic E-state index is 13.8. The second-order valence-electron chi connectivity index (χ2n) is 6.00. The molecule has 9 heteroatoms. The number of aromatic nitrogens is 3. The lowest BCUT2D eigenvalue weighted by Crippen LogP contribution is -2.41. The van der Waals surface area contributed by atoms with E-state index in [1.165, 1.54) is 0 Å². The van der Waals surface area contributed by atoms with E-state index in [-0.39, 0.29) is 12.1 Å². The summed E-state index contributed by atoms with van der Waals surface area (Å²) in [6, 6.07) is 1.31. The van der Waals surface area contributed by atoms with Gasteiger partial charge in [0.1, 0.15) is 17.7 Å². The highest BCUT2D eigenvalue weighted by molar-refractivity contribution is 5.88. The Morgan fingerprint density at radius 2 is 2.38 bits per heavy atom. The van der Waals surface area contributed by atoms with Crippen molar-refractivity contribution in [2.75, 3.05) is 18.4 Å². The molecule has 2 N–H and O–H groups in total. The lowest BCUT2D eigenvalue weighted by Gasteiger charge is -2.23. The van der Waals surface area contributed by atoms with Gasteiger partial charge in [-0.2, -0.15) is 5.10 Å². The maximum absolute atomic E-state index is 13.8. The van der Waals surface area contributed by atoms with E-state index < -0.39 is 6.17 Å². The Balaban J connectivity index is 1.53. The largest absolute Gasteiger partial charge is 0.361 e. The molecule has 3 heterocycles. The third-order valence-corrected chi connectivity index (χ3v) is 4.26. The topological polar surface area (TPSA) is 88.2 Å². The van der Waals surface area contributed by atoms with E-state index >= 15 is 0 Å². The molecular weight excluding hydrogens is 315 g/mol. The molecule has 24 heavy (non-hydrogen) atoms. The van der Waals surface area contributed by atoms with Crippen LogP contribution < -0.4 is 10.6 Å². The molecule has 0 aromatic carbocycles. The SMILES string of the molecule is Cc1oncc1CN1C[C@@H](F)C[C@H]1CNC(=O)Nc1ccnn1C.